The van der Waals surface area contributed by atoms with E-state index < -0.39 is 12.1 Å². The van der Waals surface area contributed by atoms with Gasteiger partial charge in [0.25, 0.3) is 5.91 Å². The molecule has 1 heterocycles. The maximum absolute atomic E-state index is 12.9. The lowest BCUT2D eigenvalue weighted by Gasteiger charge is -2.35. The first-order valence-electron chi connectivity index (χ1n) is 12.9. The van der Waals surface area contributed by atoms with Crippen molar-refractivity contribution in [3.8, 4) is 0 Å². The lowest BCUT2D eigenvalue weighted by molar-refractivity contribution is -0.153. The minimum Gasteiger partial charge on any atom is -0.479 e. The Balaban J connectivity index is 0.00000163. The molecule has 1 unspecified atom stereocenters. The van der Waals surface area contributed by atoms with Crippen LogP contribution in [0.1, 0.15) is 76.3 Å². The van der Waals surface area contributed by atoms with Crippen LogP contribution in [0.4, 0.5) is 5.69 Å². The van der Waals surface area contributed by atoms with Crippen molar-refractivity contribution < 1.29 is 19.4 Å². The highest BCUT2D eigenvalue weighted by atomic mass is 32.1. The fourth-order valence-corrected chi connectivity index (χ4v) is 3.90. The summed E-state index contributed by atoms with van der Waals surface area (Å²) in [5, 5.41) is 9.39. The van der Waals surface area contributed by atoms with E-state index in [1.807, 2.05) is 85.7 Å². The number of aryl methyl sites for hydroxylation is 2. The summed E-state index contributed by atoms with van der Waals surface area (Å²) in [7, 11) is 0. The molecule has 0 spiro atoms. The van der Waals surface area contributed by atoms with E-state index in [-0.39, 0.29) is 18.4 Å². The third-order valence-electron chi connectivity index (χ3n) is 5.51. The molecule has 3 rings (SSSR count). The number of carbonyl (C=O) groups is 2. The first-order chi connectivity index (χ1) is 17.6. The van der Waals surface area contributed by atoms with E-state index in [9.17, 15) is 14.7 Å². The smallest absolute Gasteiger partial charge is 0.333 e. The van der Waals surface area contributed by atoms with Gasteiger partial charge in [-0.25, -0.2) is 4.79 Å². The summed E-state index contributed by atoms with van der Waals surface area (Å²) in [5.74, 6) is -1.19. The number of rotatable bonds is 8. The van der Waals surface area contributed by atoms with Gasteiger partial charge < -0.3 is 14.7 Å². The van der Waals surface area contributed by atoms with Crippen molar-refractivity contribution in [1.82, 2.24) is 0 Å². The number of anilines is 1. The number of allylic oxidation sites excluding steroid dienone is 1. The SMILES string of the molecule is C/C(N=Cc1ccc(C)cc1C)=C(/S)C(=O)N1Cc2cc(CC(OC(C)C)C(=O)O)ccc21.CC.CC. The first kappa shape index (κ1) is 32.1. The van der Waals surface area contributed by atoms with E-state index >= 15 is 0 Å². The molecule has 0 bridgehead atoms. The molecule has 202 valence electrons. The van der Waals surface area contributed by atoms with Crippen molar-refractivity contribution >= 4 is 36.4 Å². The lowest BCUT2D eigenvalue weighted by Crippen LogP contribution is -2.38. The van der Waals surface area contributed by atoms with E-state index in [2.05, 4.69) is 23.7 Å². The van der Waals surface area contributed by atoms with Gasteiger partial charge in [0, 0.05) is 18.3 Å². The Morgan fingerprint density at radius 2 is 1.76 bits per heavy atom. The molecule has 1 amide bonds. The fourth-order valence-electron chi connectivity index (χ4n) is 3.72. The van der Waals surface area contributed by atoms with Crippen LogP contribution in [0.15, 0.2) is 52.0 Å². The lowest BCUT2D eigenvalue weighted by atomic mass is 9.97. The normalized spacial score (nSPS) is 13.4. The summed E-state index contributed by atoms with van der Waals surface area (Å²) >= 11 is 4.44. The Hall–Kier alpha value is -2.90. The van der Waals surface area contributed by atoms with Crippen LogP contribution in [0.3, 0.4) is 0 Å². The van der Waals surface area contributed by atoms with Crippen LogP contribution in [-0.4, -0.2) is 35.4 Å². The summed E-state index contributed by atoms with van der Waals surface area (Å²) in [6.45, 7) is 17.9. The van der Waals surface area contributed by atoms with Crippen LogP contribution >= 0.6 is 12.6 Å². The van der Waals surface area contributed by atoms with Gasteiger partial charge in [-0.15, -0.1) is 12.6 Å². The maximum atomic E-state index is 12.9. The number of carbonyl (C=O) groups excluding carboxylic acids is 1. The van der Waals surface area contributed by atoms with Crippen LogP contribution in [0.5, 0.6) is 0 Å². The summed E-state index contributed by atoms with van der Waals surface area (Å²) in [6, 6.07) is 11.7. The molecular weight excluding hydrogens is 484 g/mol. The number of amides is 1. The van der Waals surface area contributed by atoms with E-state index in [0.717, 1.165) is 27.9 Å². The molecule has 1 aliphatic heterocycles. The molecule has 0 aromatic heterocycles. The molecule has 37 heavy (non-hydrogen) atoms. The summed E-state index contributed by atoms with van der Waals surface area (Å²) in [5.41, 5.74) is 6.51. The number of ether oxygens (including phenoxy) is 1. The van der Waals surface area contributed by atoms with Gasteiger partial charge in [0.05, 0.1) is 23.3 Å². The van der Waals surface area contributed by atoms with E-state index in [4.69, 9.17) is 4.74 Å². The molecule has 0 saturated carbocycles. The predicted molar refractivity (Wildman–Crippen MR) is 157 cm³/mol. The van der Waals surface area contributed by atoms with Crippen molar-refractivity contribution in [2.45, 2.75) is 87.5 Å². The molecule has 0 fully saturated rings. The van der Waals surface area contributed by atoms with Gasteiger partial charge in [0.1, 0.15) is 0 Å². The Labute approximate surface area is 227 Å². The zero-order chi connectivity index (χ0) is 28.3. The van der Waals surface area contributed by atoms with E-state index in [1.165, 1.54) is 5.56 Å². The quantitative estimate of drug-likeness (QED) is 0.223. The van der Waals surface area contributed by atoms with Crippen molar-refractivity contribution in [2.24, 2.45) is 4.99 Å². The Morgan fingerprint density at radius 3 is 2.30 bits per heavy atom. The predicted octanol–water partition coefficient (Wildman–Crippen LogP) is 6.90. The molecule has 2 aromatic carbocycles. The van der Waals surface area contributed by atoms with Gasteiger partial charge in [-0.05, 0) is 62.9 Å². The number of carboxylic acids is 1. The highest BCUT2D eigenvalue weighted by molar-refractivity contribution is 7.85. The standard InChI is InChI=1S/C26H30N2O4S.2C2H6/c1-15(2)32-23(26(30)31)12-19-7-9-22-21(11-19)14-28(22)25(29)24(33)18(5)27-13-20-8-6-16(3)10-17(20)4;2*1-2/h6-11,13,15,23,33H,12,14H2,1-5H3,(H,30,31);2*1-2H3/b24-18-,27-13?;;. The number of thiol groups is 1. The number of nitrogens with zero attached hydrogens (tertiary/aromatic N) is 2. The second kappa shape index (κ2) is 15.4. The van der Waals surface area contributed by atoms with Crippen molar-refractivity contribution in [1.29, 1.82) is 0 Å². The number of fused-ring (bicyclic) bond motifs is 1. The monoisotopic (exact) mass is 526 g/mol. The number of carboxylic acid groups (broad SMARTS) is 1. The molecule has 0 radical (unpaired) electrons. The Kier molecular flexibility index (Phi) is 13.4. The number of aliphatic carboxylic acids is 1. The largest absolute Gasteiger partial charge is 0.479 e. The van der Waals surface area contributed by atoms with Crippen molar-refractivity contribution in [3.05, 3.63) is 74.8 Å². The molecular formula is C30H42N2O4S. The molecule has 1 aliphatic rings. The van der Waals surface area contributed by atoms with Gasteiger partial charge in [-0.3, -0.25) is 9.79 Å². The van der Waals surface area contributed by atoms with Crippen LogP contribution in [0, 0.1) is 13.8 Å². The first-order valence-corrected chi connectivity index (χ1v) is 13.3. The minimum atomic E-state index is -0.982. The average Bonchev–Trinajstić information content (AvgIpc) is 2.85. The second-order valence-corrected chi connectivity index (χ2v) is 9.07. The van der Waals surface area contributed by atoms with Crippen LogP contribution in [0.25, 0.3) is 0 Å². The van der Waals surface area contributed by atoms with Crippen molar-refractivity contribution in [3.63, 3.8) is 0 Å². The molecule has 7 heteroatoms. The van der Waals surface area contributed by atoms with E-state index in [0.29, 0.717) is 17.1 Å². The third kappa shape index (κ3) is 8.86. The number of aliphatic imine (C=N–C) groups is 1. The van der Waals surface area contributed by atoms with E-state index in [1.54, 1.807) is 18.0 Å². The second-order valence-electron chi connectivity index (χ2n) is 8.62. The highest BCUT2D eigenvalue weighted by Crippen LogP contribution is 2.36. The molecule has 0 saturated heterocycles. The summed E-state index contributed by atoms with van der Waals surface area (Å²) in [6.07, 6.45) is 0.957. The van der Waals surface area contributed by atoms with Gasteiger partial charge in [-0.2, -0.15) is 0 Å². The van der Waals surface area contributed by atoms with Crippen LogP contribution < -0.4 is 4.90 Å². The third-order valence-corrected chi connectivity index (χ3v) is 6.02. The number of benzene rings is 2. The number of hydrogen-bond donors (Lipinski definition) is 2. The van der Waals surface area contributed by atoms with Gasteiger partial charge in [-0.1, -0.05) is 63.6 Å². The van der Waals surface area contributed by atoms with Crippen LogP contribution in [-0.2, 0) is 27.3 Å². The zero-order valence-corrected chi connectivity index (χ0v) is 24.5. The maximum Gasteiger partial charge on any atom is 0.333 e. The Bertz CT molecular complexity index is 1140. The molecule has 6 nitrogen and oxygen atoms in total. The fraction of sp³-hybridized carbons (Fsp3) is 0.433. The van der Waals surface area contributed by atoms with Crippen molar-refractivity contribution in [2.75, 3.05) is 4.90 Å². The molecule has 1 N–H and O–H groups in total. The summed E-state index contributed by atoms with van der Waals surface area (Å²) in [4.78, 5) is 30.8. The zero-order valence-electron chi connectivity index (χ0n) is 23.6. The Morgan fingerprint density at radius 1 is 1.11 bits per heavy atom. The molecule has 2 aromatic rings. The van der Waals surface area contributed by atoms with Crippen LogP contribution in [0.2, 0.25) is 0 Å². The summed E-state index contributed by atoms with van der Waals surface area (Å²) < 4.78 is 5.50. The number of hydrogen-bond acceptors (Lipinski definition) is 5. The van der Waals surface area contributed by atoms with Gasteiger partial charge >= 0.3 is 5.97 Å². The topological polar surface area (TPSA) is 79.2 Å². The molecule has 1 atom stereocenters. The highest BCUT2D eigenvalue weighted by Gasteiger charge is 2.31. The van der Waals surface area contributed by atoms with Gasteiger partial charge in [0.2, 0.25) is 0 Å². The minimum absolute atomic E-state index is 0.174. The van der Waals surface area contributed by atoms with Gasteiger partial charge in [0.15, 0.2) is 6.10 Å². The average molecular weight is 527 g/mol. The molecule has 0 aliphatic carbocycles.